The second-order valence-electron chi connectivity index (χ2n) is 6.79. The summed E-state index contributed by atoms with van der Waals surface area (Å²) in [6.07, 6.45) is 3.77. The van der Waals surface area contributed by atoms with E-state index in [1.165, 1.54) is 5.56 Å². The van der Waals surface area contributed by atoms with E-state index in [2.05, 4.69) is 45.8 Å². The number of rotatable bonds is 5. The number of aromatic nitrogens is 4. The van der Waals surface area contributed by atoms with Crippen LogP contribution in [-0.4, -0.2) is 43.2 Å². The Labute approximate surface area is 153 Å². The number of carbonyl (C=O) groups is 1. The molecule has 2 aromatic heterocycles. The minimum atomic E-state index is 0.00587. The van der Waals surface area contributed by atoms with Gasteiger partial charge in [-0.2, -0.15) is 5.10 Å². The summed E-state index contributed by atoms with van der Waals surface area (Å²) >= 11 is 0. The molecule has 3 aromatic rings. The Balaban J connectivity index is 1.45. The highest BCUT2D eigenvalue weighted by molar-refractivity contribution is 5.92. The van der Waals surface area contributed by atoms with Crippen molar-refractivity contribution < 1.29 is 4.79 Å². The van der Waals surface area contributed by atoms with Gasteiger partial charge in [0.25, 0.3) is 5.91 Å². The molecule has 1 aliphatic heterocycles. The zero-order valence-corrected chi connectivity index (χ0v) is 15.2. The van der Waals surface area contributed by atoms with Crippen LogP contribution in [0.15, 0.2) is 48.8 Å². The monoisotopic (exact) mass is 349 g/mol. The van der Waals surface area contributed by atoms with Gasteiger partial charge in [-0.3, -0.25) is 9.48 Å². The highest BCUT2D eigenvalue weighted by Crippen LogP contribution is 2.28. The number of amides is 1. The van der Waals surface area contributed by atoms with E-state index < -0.39 is 0 Å². The lowest BCUT2D eigenvalue weighted by Gasteiger charge is -2.38. The average molecular weight is 349 g/mol. The predicted octanol–water partition coefficient (Wildman–Crippen LogP) is 2.70. The first kappa shape index (κ1) is 16.6. The number of imidazole rings is 1. The van der Waals surface area contributed by atoms with E-state index in [1.54, 1.807) is 10.7 Å². The lowest BCUT2D eigenvalue weighted by Crippen LogP contribution is -2.49. The highest BCUT2D eigenvalue weighted by Gasteiger charge is 2.36. The Bertz CT molecular complexity index is 905. The summed E-state index contributed by atoms with van der Waals surface area (Å²) in [6, 6.07) is 12.2. The fourth-order valence-electron chi connectivity index (χ4n) is 3.40. The molecule has 0 unspecified atom stereocenters. The van der Waals surface area contributed by atoms with E-state index in [-0.39, 0.29) is 11.8 Å². The van der Waals surface area contributed by atoms with Crippen LogP contribution in [0.5, 0.6) is 0 Å². The molecule has 1 amide bonds. The van der Waals surface area contributed by atoms with E-state index >= 15 is 0 Å². The van der Waals surface area contributed by atoms with Gasteiger partial charge in [0.15, 0.2) is 0 Å². The fraction of sp³-hybridized carbons (Fsp3) is 0.350. The Hall–Kier alpha value is -2.89. The smallest absolute Gasteiger partial charge is 0.274 e. The zero-order chi connectivity index (χ0) is 18.1. The van der Waals surface area contributed by atoms with Gasteiger partial charge in [0.1, 0.15) is 11.5 Å². The number of likely N-dealkylation sites (tertiary alicyclic amines) is 1. The summed E-state index contributed by atoms with van der Waals surface area (Å²) in [5, 5.41) is 4.31. The maximum absolute atomic E-state index is 12.5. The number of carbonyl (C=O) groups excluding carboxylic acids is 1. The van der Waals surface area contributed by atoms with E-state index in [9.17, 15) is 4.79 Å². The van der Waals surface area contributed by atoms with E-state index in [0.29, 0.717) is 18.8 Å². The van der Waals surface area contributed by atoms with Crippen molar-refractivity contribution in [3.63, 3.8) is 0 Å². The van der Waals surface area contributed by atoms with Gasteiger partial charge in [0.2, 0.25) is 0 Å². The van der Waals surface area contributed by atoms with Crippen molar-refractivity contribution in [1.82, 2.24) is 24.2 Å². The Morgan fingerprint density at radius 2 is 1.96 bits per heavy atom. The third-order valence-electron chi connectivity index (χ3n) is 4.99. The molecule has 4 rings (SSSR count). The molecule has 134 valence electrons. The molecule has 0 radical (unpaired) electrons. The minimum Gasteiger partial charge on any atom is -0.336 e. The van der Waals surface area contributed by atoms with Gasteiger partial charge in [-0.1, -0.05) is 30.3 Å². The first-order chi connectivity index (χ1) is 12.7. The minimum absolute atomic E-state index is 0.00587. The maximum atomic E-state index is 12.5. The lowest BCUT2D eigenvalue weighted by atomic mass is 9.98. The van der Waals surface area contributed by atoms with Crippen molar-refractivity contribution in [3.05, 3.63) is 71.6 Å². The van der Waals surface area contributed by atoms with Crippen LogP contribution < -0.4 is 0 Å². The van der Waals surface area contributed by atoms with Gasteiger partial charge in [0, 0.05) is 44.3 Å². The average Bonchev–Trinajstić information content (AvgIpc) is 3.23. The topological polar surface area (TPSA) is 56.0 Å². The first-order valence-electron chi connectivity index (χ1n) is 9.04. The second kappa shape index (κ2) is 6.78. The van der Waals surface area contributed by atoms with Crippen molar-refractivity contribution in [3.8, 4) is 0 Å². The maximum Gasteiger partial charge on any atom is 0.274 e. The van der Waals surface area contributed by atoms with Gasteiger partial charge in [-0.05, 0) is 25.5 Å². The molecule has 1 saturated heterocycles. The van der Waals surface area contributed by atoms with Crippen molar-refractivity contribution in [2.75, 3.05) is 13.1 Å². The third-order valence-corrected chi connectivity index (χ3v) is 4.99. The molecule has 26 heavy (non-hydrogen) atoms. The number of benzene rings is 1. The van der Waals surface area contributed by atoms with Crippen LogP contribution >= 0.6 is 0 Å². The largest absolute Gasteiger partial charge is 0.336 e. The fourth-order valence-corrected chi connectivity index (χ4v) is 3.40. The highest BCUT2D eigenvalue weighted by atomic mass is 16.2. The molecule has 6 heteroatoms. The van der Waals surface area contributed by atoms with Gasteiger partial charge < -0.3 is 9.47 Å². The molecule has 6 nitrogen and oxygen atoms in total. The molecular weight excluding hydrogens is 326 g/mol. The van der Waals surface area contributed by atoms with Crippen LogP contribution in [0.4, 0.5) is 0 Å². The third kappa shape index (κ3) is 3.03. The molecule has 0 N–H and O–H groups in total. The van der Waals surface area contributed by atoms with Gasteiger partial charge in [-0.25, -0.2) is 4.98 Å². The Morgan fingerprint density at radius 1 is 1.19 bits per heavy atom. The second-order valence-corrected chi connectivity index (χ2v) is 6.79. The zero-order valence-electron chi connectivity index (χ0n) is 15.2. The first-order valence-corrected chi connectivity index (χ1v) is 9.04. The molecule has 1 fully saturated rings. The summed E-state index contributed by atoms with van der Waals surface area (Å²) in [6.45, 7) is 7.07. The van der Waals surface area contributed by atoms with Crippen LogP contribution in [0.2, 0.25) is 0 Å². The molecule has 3 heterocycles. The summed E-state index contributed by atoms with van der Waals surface area (Å²) in [5.41, 5.74) is 2.93. The molecule has 0 atom stereocenters. The van der Waals surface area contributed by atoms with Crippen molar-refractivity contribution in [2.45, 2.75) is 32.9 Å². The van der Waals surface area contributed by atoms with Crippen molar-refractivity contribution >= 4 is 5.91 Å². The van der Waals surface area contributed by atoms with Crippen LogP contribution in [0, 0.1) is 6.92 Å². The van der Waals surface area contributed by atoms with E-state index in [4.69, 9.17) is 0 Å². The molecule has 0 bridgehead atoms. The Kier molecular flexibility index (Phi) is 4.32. The van der Waals surface area contributed by atoms with Crippen LogP contribution in [-0.2, 0) is 13.1 Å². The van der Waals surface area contributed by atoms with E-state index in [1.807, 2.05) is 30.3 Å². The number of hydrogen-bond acceptors (Lipinski definition) is 3. The quantitative estimate of drug-likeness (QED) is 0.712. The van der Waals surface area contributed by atoms with Crippen LogP contribution in [0.3, 0.4) is 0 Å². The molecule has 1 aromatic carbocycles. The molecule has 1 aliphatic rings. The van der Waals surface area contributed by atoms with E-state index in [0.717, 1.165) is 24.6 Å². The molecule has 0 saturated carbocycles. The SMILES string of the molecule is CCn1ccc(C(=O)N2CC(c3ncc(C)n3Cc3ccccc3)C2)n1. The summed E-state index contributed by atoms with van der Waals surface area (Å²) in [4.78, 5) is 19.0. The van der Waals surface area contributed by atoms with Gasteiger partial charge in [0.05, 0.1) is 5.92 Å². The summed E-state index contributed by atoms with van der Waals surface area (Å²) < 4.78 is 4.04. The van der Waals surface area contributed by atoms with Crippen LogP contribution in [0.1, 0.15) is 40.4 Å². The standard InChI is InChI=1S/C20H23N5O/c1-3-24-10-9-18(22-24)20(26)23-13-17(14-23)19-21-11-15(2)25(19)12-16-7-5-4-6-8-16/h4-11,17H,3,12-14H2,1-2H3. The summed E-state index contributed by atoms with van der Waals surface area (Å²) in [7, 11) is 0. The number of aryl methyl sites for hydroxylation is 2. The lowest BCUT2D eigenvalue weighted by molar-refractivity contribution is 0.0584. The summed E-state index contributed by atoms with van der Waals surface area (Å²) in [5.74, 6) is 1.35. The number of nitrogens with zero attached hydrogens (tertiary/aromatic N) is 5. The normalized spacial score (nSPS) is 14.5. The predicted molar refractivity (Wildman–Crippen MR) is 99.1 cm³/mol. The molecule has 0 aliphatic carbocycles. The van der Waals surface area contributed by atoms with Crippen LogP contribution in [0.25, 0.3) is 0 Å². The Morgan fingerprint density at radius 3 is 2.65 bits per heavy atom. The van der Waals surface area contributed by atoms with Gasteiger partial charge in [-0.15, -0.1) is 0 Å². The molecular formula is C20H23N5O. The molecule has 0 spiro atoms. The number of hydrogen-bond donors (Lipinski definition) is 0. The van der Waals surface area contributed by atoms with Crippen molar-refractivity contribution in [2.24, 2.45) is 0 Å². The van der Waals surface area contributed by atoms with Crippen molar-refractivity contribution in [1.29, 1.82) is 0 Å². The van der Waals surface area contributed by atoms with Gasteiger partial charge >= 0.3 is 0 Å².